The smallest absolute Gasteiger partial charge is 0.256 e. The van der Waals surface area contributed by atoms with Crippen molar-refractivity contribution in [3.63, 3.8) is 0 Å². The maximum Gasteiger partial charge on any atom is 0.256 e. The van der Waals surface area contributed by atoms with Crippen LogP contribution in [0.3, 0.4) is 0 Å². The molecular formula is C23H26N2O6. The summed E-state index contributed by atoms with van der Waals surface area (Å²) in [5.41, 5.74) is 6.09. The number of aromatic hydroxyl groups is 1. The number of Topliss-reactive ketones (excluding diaryl/α,β-unsaturated/α-hetero) is 1. The van der Waals surface area contributed by atoms with Gasteiger partial charge in [0.15, 0.2) is 5.78 Å². The number of ketones is 1. The summed E-state index contributed by atoms with van der Waals surface area (Å²) in [6.45, 7) is 4.84. The first-order valence-electron chi connectivity index (χ1n) is 10.4. The average molecular weight is 426 g/mol. The van der Waals surface area contributed by atoms with E-state index in [1.54, 1.807) is 12.1 Å². The molecule has 8 heteroatoms. The maximum atomic E-state index is 13.2. The Labute approximate surface area is 179 Å². The molecule has 4 rings (SSSR count). The Morgan fingerprint density at radius 2 is 1.74 bits per heavy atom. The van der Waals surface area contributed by atoms with E-state index in [2.05, 4.69) is 0 Å². The molecule has 3 aliphatic rings. The van der Waals surface area contributed by atoms with Crippen LogP contribution in [0.4, 0.5) is 0 Å². The number of aliphatic hydroxyl groups is 3. The SMILES string of the molecule is CCN(CC)C1C(=O)C(C(N)=O)=C(O)C2=C(O)C3=C(O)c4c(O)cccc4CC3CC21. The number of aliphatic hydroxyl groups excluding tert-OH is 3. The van der Waals surface area contributed by atoms with E-state index < -0.39 is 35.0 Å². The van der Waals surface area contributed by atoms with Crippen LogP contribution in [0.15, 0.2) is 46.4 Å². The van der Waals surface area contributed by atoms with Gasteiger partial charge in [-0.15, -0.1) is 0 Å². The van der Waals surface area contributed by atoms with E-state index in [0.29, 0.717) is 25.9 Å². The summed E-state index contributed by atoms with van der Waals surface area (Å²) >= 11 is 0. The van der Waals surface area contributed by atoms with Crippen LogP contribution in [-0.4, -0.2) is 56.1 Å². The van der Waals surface area contributed by atoms with E-state index in [0.717, 1.165) is 5.56 Å². The molecule has 0 aromatic heterocycles. The normalized spacial score (nSPS) is 25.5. The molecule has 31 heavy (non-hydrogen) atoms. The standard InChI is InChI=1S/C23H26N2O6/c1-3-25(4-2)18-12-9-11-8-10-6-5-7-13(26)14(10)19(27)15(11)20(28)16(12)21(29)17(22(18)30)23(24)31/h5-7,11-12,18,26-29H,3-4,8-9H2,1-2H3,(H2,24,31). The van der Waals surface area contributed by atoms with Gasteiger partial charge in [-0.05, 0) is 43.5 Å². The largest absolute Gasteiger partial charge is 0.507 e. The van der Waals surface area contributed by atoms with Crippen molar-refractivity contribution < 1.29 is 30.0 Å². The number of carbonyl (C=O) groups excluding carboxylic acids is 2. The van der Waals surface area contributed by atoms with Crippen molar-refractivity contribution in [2.24, 2.45) is 17.6 Å². The number of primary amides is 1. The Morgan fingerprint density at radius 1 is 1.06 bits per heavy atom. The van der Waals surface area contributed by atoms with E-state index in [1.165, 1.54) is 6.07 Å². The molecular weight excluding hydrogens is 400 g/mol. The number of nitrogens with two attached hydrogens (primary N) is 1. The Morgan fingerprint density at radius 3 is 2.35 bits per heavy atom. The first-order valence-corrected chi connectivity index (χ1v) is 10.4. The zero-order valence-electron chi connectivity index (χ0n) is 17.4. The van der Waals surface area contributed by atoms with E-state index in [-0.39, 0.29) is 39.9 Å². The quantitative estimate of drug-likeness (QED) is 0.464. The summed E-state index contributed by atoms with van der Waals surface area (Å²) in [6.07, 6.45) is 0.820. The van der Waals surface area contributed by atoms with Gasteiger partial charge in [0.1, 0.15) is 28.6 Å². The third kappa shape index (κ3) is 2.93. The number of hydrogen-bond donors (Lipinski definition) is 5. The molecule has 3 unspecified atom stereocenters. The van der Waals surface area contributed by atoms with Crippen LogP contribution in [0, 0.1) is 11.8 Å². The monoisotopic (exact) mass is 426 g/mol. The highest BCUT2D eigenvalue weighted by Crippen LogP contribution is 2.51. The summed E-state index contributed by atoms with van der Waals surface area (Å²) in [5, 5.41) is 43.2. The molecule has 0 aliphatic heterocycles. The van der Waals surface area contributed by atoms with E-state index >= 15 is 0 Å². The Kier molecular flexibility index (Phi) is 5.05. The van der Waals surface area contributed by atoms with Crippen molar-refractivity contribution in [2.75, 3.05) is 13.1 Å². The topological polar surface area (TPSA) is 144 Å². The van der Waals surface area contributed by atoms with Gasteiger partial charge < -0.3 is 26.2 Å². The number of allylic oxidation sites excluding steroid dienone is 2. The van der Waals surface area contributed by atoms with Crippen molar-refractivity contribution in [1.29, 1.82) is 0 Å². The van der Waals surface area contributed by atoms with Crippen molar-refractivity contribution in [3.05, 3.63) is 57.6 Å². The predicted molar refractivity (Wildman–Crippen MR) is 113 cm³/mol. The Hall–Kier alpha value is -3.26. The number of rotatable bonds is 4. The fourth-order valence-corrected chi connectivity index (χ4v) is 5.41. The molecule has 0 fully saturated rings. The zero-order chi connectivity index (χ0) is 22.6. The third-order valence-corrected chi connectivity index (χ3v) is 6.75. The zero-order valence-corrected chi connectivity index (χ0v) is 17.4. The van der Waals surface area contributed by atoms with Crippen LogP contribution in [0.5, 0.6) is 5.75 Å². The van der Waals surface area contributed by atoms with Crippen LogP contribution in [0.2, 0.25) is 0 Å². The second-order valence-electron chi connectivity index (χ2n) is 8.20. The minimum atomic E-state index is -1.06. The summed E-state index contributed by atoms with van der Waals surface area (Å²) in [6, 6.07) is 4.17. The highest BCUT2D eigenvalue weighted by atomic mass is 16.3. The molecule has 1 aromatic carbocycles. The number of amides is 1. The highest BCUT2D eigenvalue weighted by Gasteiger charge is 2.51. The Bertz CT molecular complexity index is 1080. The molecule has 0 saturated heterocycles. The predicted octanol–water partition coefficient (Wildman–Crippen LogP) is 2.26. The maximum absolute atomic E-state index is 13.2. The van der Waals surface area contributed by atoms with Crippen LogP contribution in [-0.2, 0) is 16.0 Å². The van der Waals surface area contributed by atoms with Gasteiger partial charge in [-0.1, -0.05) is 26.0 Å². The highest BCUT2D eigenvalue weighted by molar-refractivity contribution is 6.22. The number of carbonyl (C=O) groups is 2. The lowest BCUT2D eigenvalue weighted by molar-refractivity contribution is -0.126. The molecule has 1 amide bonds. The molecule has 3 aliphatic carbocycles. The van der Waals surface area contributed by atoms with Gasteiger partial charge in [-0.2, -0.15) is 0 Å². The molecule has 0 spiro atoms. The van der Waals surface area contributed by atoms with Gasteiger partial charge in [0, 0.05) is 17.1 Å². The fraction of sp³-hybridized carbons (Fsp3) is 0.391. The summed E-state index contributed by atoms with van der Waals surface area (Å²) in [7, 11) is 0. The number of likely N-dealkylation sites (N-methyl/N-ethyl adjacent to an activating group) is 1. The van der Waals surface area contributed by atoms with Crippen molar-refractivity contribution >= 4 is 17.4 Å². The summed E-state index contributed by atoms with van der Waals surface area (Å²) in [5.74, 6) is -3.89. The van der Waals surface area contributed by atoms with Crippen LogP contribution >= 0.6 is 0 Å². The van der Waals surface area contributed by atoms with Crippen LogP contribution in [0.1, 0.15) is 31.4 Å². The number of phenols is 1. The number of fused-ring (bicyclic) bond motifs is 3. The first kappa shape index (κ1) is 21.0. The molecule has 8 nitrogen and oxygen atoms in total. The number of hydrogen-bond acceptors (Lipinski definition) is 7. The number of benzene rings is 1. The van der Waals surface area contributed by atoms with Crippen molar-refractivity contribution in [2.45, 2.75) is 32.7 Å². The van der Waals surface area contributed by atoms with Gasteiger partial charge in [-0.25, -0.2) is 0 Å². The Balaban J connectivity index is 2.00. The van der Waals surface area contributed by atoms with E-state index in [1.807, 2.05) is 18.7 Å². The van der Waals surface area contributed by atoms with Crippen molar-refractivity contribution in [1.82, 2.24) is 4.90 Å². The fourth-order valence-electron chi connectivity index (χ4n) is 5.41. The van der Waals surface area contributed by atoms with Crippen LogP contribution < -0.4 is 5.73 Å². The lowest BCUT2D eigenvalue weighted by atomic mass is 9.64. The second kappa shape index (κ2) is 7.46. The summed E-state index contributed by atoms with van der Waals surface area (Å²) in [4.78, 5) is 27.1. The molecule has 0 radical (unpaired) electrons. The minimum absolute atomic E-state index is 0.0435. The lowest BCUT2D eigenvalue weighted by Gasteiger charge is -2.44. The van der Waals surface area contributed by atoms with E-state index in [4.69, 9.17) is 5.73 Å². The second-order valence-corrected chi connectivity index (χ2v) is 8.20. The third-order valence-electron chi connectivity index (χ3n) is 6.75. The van der Waals surface area contributed by atoms with Gasteiger partial charge >= 0.3 is 0 Å². The molecule has 164 valence electrons. The van der Waals surface area contributed by atoms with Gasteiger partial charge in [0.2, 0.25) is 0 Å². The number of phenolic OH excluding ortho intramolecular Hbond substituents is 1. The molecule has 0 heterocycles. The average Bonchev–Trinajstić information content (AvgIpc) is 2.70. The lowest BCUT2D eigenvalue weighted by Crippen LogP contribution is -2.53. The van der Waals surface area contributed by atoms with Gasteiger partial charge in [-0.3, -0.25) is 14.5 Å². The first-order chi connectivity index (χ1) is 14.7. The van der Waals surface area contributed by atoms with E-state index in [9.17, 15) is 30.0 Å². The summed E-state index contributed by atoms with van der Waals surface area (Å²) < 4.78 is 0. The molecule has 6 N–H and O–H groups in total. The molecule has 3 atom stereocenters. The minimum Gasteiger partial charge on any atom is -0.507 e. The molecule has 0 saturated carbocycles. The van der Waals surface area contributed by atoms with Crippen LogP contribution in [0.25, 0.3) is 5.76 Å². The molecule has 0 bridgehead atoms. The molecule has 1 aromatic rings. The number of nitrogens with zero attached hydrogens (tertiary/aromatic N) is 1. The van der Waals surface area contributed by atoms with Crippen molar-refractivity contribution in [3.8, 4) is 5.75 Å². The van der Waals surface area contributed by atoms with Gasteiger partial charge in [0.05, 0.1) is 11.6 Å². The van der Waals surface area contributed by atoms with Gasteiger partial charge in [0.25, 0.3) is 5.91 Å².